The molecule has 0 saturated carbocycles. The number of aliphatic hydroxyl groups excluding tert-OH is 1. The minimum absolute atomic E-state index is 0.322. The van der Waals surface area contributed by atoms with Gasteiger partial charge in [-0.2, -0.15) is 57.1 Å². The number of nitrogens with one attached hydrogen (secondary N) is 1. The molecule has 1 amide bonds. The van der Waals surface area contributed by atoms with Crippen LogP contribution < -0.4 is 5.32 Å². The van der Waals surface area contributed by atoms with E-state index in [2.05, 4.69) is 5.32 Å². The highest BCUT2D eigenvalue weighted by atomic mass is 19.4. The number of halogens is 13. The third-order valence-electron chi connectivity index (χ3n) is 6.03. The van der Waals surface area contributed by atoms with Gasteiger partial charge in [-0.3, -0.25) is 0 Å². The summed E-state index contributed by atoms with van der Waals surface area (Å²) in [4.78, 5) is 12.2. The summed E-state index contributed by atoms with van der Waals surface area (Å²) in [6, 6.07) is 13.6. The highest BCUT2D eigenvalue weighted by molar-refractivity contribution is 5.67. The van der Waals surface area contributed by atoms with Crippen molar-refractivity contribution in [3.8, 4) is 0 Å². The number of hydrogen-bond acceptors (Lipinski definition) is 3. The van der Waals surface area contributed by atoms with Crippen molar-refractivity contribution in [1.82, 2.24) is 5.32 Å². The zero-order chi connectivity index (χ0) is 32.2. The normalized spacial score (nSPS) is 15.2. The van der Waals surface area contributed by atoms with E-state index in [1.807, 2.05) is 0 Å². The maximum Gasteiger partial charge on any atom is 0.460 e. The van der Waals surface area contributed by atoms with Crippen molar-refractivity contribution in [1.29, 1.82) is 0 Å². The van der Waals surface area contributed by atoms with E-state index in [9.17, 15) is 67.0 Å². The second-order valence-electron chi connectivity index (χ2n) is 9.11. The van der Waals surface area contributed by atoms with Gasteiger partial charge in [0.2, 0.25) is 0 Å². The fourth-order valence-electron chi connectivity index (χ4n) is 3.56. The number of ether oxygens (including phenoxy) is 1. The average Bonchev–Trinajstić information content (AvgIpc) is 2.90. The molecule has 0 aliphatic rings. The zero-order valence-electron chi connectivity index (χ0n) is 20.9. The summed E-state index contributed by atoms with van der Waals surface area (Å²) in [6.07, 6.45) is -15.7. The topological polar surface area (TPSA) is 58.6 Å². The molecule has 0 radical (unpaired) electrons. The summed E-state index contributed by atoms with van der Waals surface area (Å²) in [5.74, 6) is -37.6. The first kappa shape index (κ1) is 35.0. The molecule has 236 valence electrons. The summed E-state index contributed by atoms with van der Waals surface area (Å²) in [5.41, 5.74) is 0.811. The van der Waals surface area contributed by atoms with Gasteiger partial charge < -0.3 is 15.2 Å². The average molecular weight is 631 g/mol. The molecular formula is C25H22F13NO3. The highest BCUT2D eigenvalue weighted by Crippen LogP contribution is 2.60. The van der Waals surface area contributed by atoms with Crippen LogP contribution in [0.25, 0.3) is 0 Å². The monoisotopic (exact) mass is 631 g/mol. The number of carbonyl (C=O) groups is 1. The molecule has 2 rings (SSSR count). The molecule has 0 aliphatic heterocycles. The molecule has 0 spiro atoms. The lowest BCUT2D eigenvalue weighted by Crippen LogP contribution is -2.70. The molecule has 0 aliphatic carbocycles. The third-order valence-corrected chi connectivity index (χ3v) is 6.03. The minimum atomic E-state index is -8.01. The van der Waals surface area contributed by atoms with Crippen molar-refractivity contribution in [2.24, 2.45) is 0 Å². The lowest BCUT2D eigenvalue weighted by molar-refractivity contribution is -0.440. The van der Waals surface area contributed by atoms with Crippen LogP contribution in [0.3, 0.4) is 0 Å². The second-order valence-corrected chi connectivity index (χ2v) is 9.11. The van der Waals surface area contributed by atoms with Gasteiger partial charge in [-0.25, -0.2) is 4.79 Å². The van der Waals surface area contributed by atoms with Gasteiger partial charge in [0.05, 0.1) is 12.1 Å². The Balaban J connectivity index is 2.23. The van der Waals surface area contributed by atoms with Crippen molar-refractivity contribution in [2.75, 3.05) is 0 Å². The van der Waals surface area contributed by atoms with Crippen molar-refractivity contribution in [3.05, 3.63) is 71.8 Å². The molecule has 0 saturated heterocycles. The Morgan fingerprint density at radius 1 is 0.690 bits per heavy atom. The van der Waals surface area contributed by atoms with E-state index in [1.54, 1.807) is 30.3 Å². The molecule has 0 unspecified atom stereocenters. The van der Waals surface area contributed by atoms with Gasteiger partial charge in [0.1, 0.15) is 6.61 Å². The van der Waals surface area contributed by atoms with E-state index in [4.69, 9.17) is 4.74 Å². The van der Waals surface area contributed by atoms with Gasteiger partial charge in [-0.15, -0.1) is 0 Å². The molecule has 2 atom stereocenters. The molecule has 2 N–H and O–H groups in total. The van der Waals surface area contributed by atoms with Crippen LogP contribution in [0.15, 0.2) is 60.7 Å². The van der Waals surface area contributed by atoms with E-state index in [-0.39, 0.29) is 6.61 Å². The van der Waals surface area contributed by atoms with Crippen LogP contribution in [0.2, 0.25) is 0 Å². The van der Waals surface area contributed by atoms with E-state index in [1.165, 1.54) is 30.3 Å². The number of rotatable bonds is 13. The fraction of sp³-hybridized carbons (Fsp3) is 0.480. The second kappa shape index (κ2) is 12.6. The summed E-state index contributed by atoms with van der Waals surface area (Å²) in [7, 11) is 0. The molecule has 0 fully saturated rings. The van der Waals surface area contributed by atoms with Crippen LogP contribution in [-0.4, -0.2) is 59.1 Å². The van der Waals surface area contributed by atoms with E-state index < -0.39 is 73.3 Å². The maximum absolute atomic E-state index is 14.2. The van der Waals surface area contributed by atoms with E-state index in [0.717, 1.165) is 0 Å². The van der Waals surface area contributed by atoms with Crippen LogP contribution >= 0.6 is 0 Å². The lowest BCUT2D eigenvalue weighted by atomic mass is 9.90. The zero-order valence-corrected chi connectivity index (χ0v) is 20.9. The first-order chi connectivity index (χ1) is 19.1. The molecule has 17 heteroatoms. The van der Waals surface area contributed by atoms with Crippen LogP contribution in [-0.2, 0) is 17.8 Å². The van der Waals surface area contributed by atoms with Crippen molar-refractivity contribution < 1.29 is 71.7 Å². The van der Waals surface area contributed by atoms with E-state index >= 15 is 0 Å². The molecule has 42 heavy (non-hydrogen) atoms. The van der Waals surface area contributed by atoms with Crippen molar-refractivity contribution in [3.63, 3.8) is 0 Å². The fourth-order valence-corrected chi connectivity index (χ4v) is 3.56. The molecule has 0 bridgehead atoms. The number of amides is 1. The number of alkyl carbamates (subject to hydrolysis) is 1. The Bertz CT molecular complexity index is 1160. The summed E-state index contributed by atoms with van der Waals surface area (Å²) in [6.45, 7) is -0.322. The summed E-state index contributed by atoms with van der Waals surface area (Å²) in [5, 5.41) is 12.4. The summed E-state index contributed by atoms with van der Waals surface area (Å²) < 4.78 is 179. The predicted molar refractivity (Wildman–Crippen MR) is 120 cm³/mol. The van der Waals surface area contributed by atoms with Crippen LogP contribution in [0.1, 0.15) is 24.0 Å². The quantitative estimate of drug-likeness (QED) is 0.227. The van der Waals surface area contributed by atoms with Gasteiger partial charge in [0.25, 0.3) is 0 Å². The molecule has 4 nitrogen and oxygen atoms in total. The maximum atomic E-state index is 14.2. The Hall–Kier alpha value is -3.24. The number of benzene rings is 2. The molecule has 2 aromatic rings. The van der Waals surface area contributed by atoms with Crippen molar-refractivity contribution >= 4 is 6.09 Å². The SMILES string of the molecule is O=C(N[C@@H](Cc1ccccc1)[C@@H](O)CCC(F)(F)C(F)(F)C(F)(F)C(F)(F)C(F)(F)C(F)(F)F)OCc1ccccc1. The lowest BCUT2D eigenvalue weighted by Gasteiger charge is -2.40. The van der Waals surface area contributed by atoms with Gasteiger partial charge in [0.15, 0.2) is 0 Å². The van der Waals surface area contributed by atoms with E-state index in [0.29, 0.717) is 11.1 Å². The van der Waals surface area contributed by atoms with Gasteiger partial charge >= 0.3 is 41.9 Å². The third kappa shape index (κ3) is 7.21. The van der Waals surface area contributed by atoms with Gasteiger partial charge in [-0.05, 0) is 24.0 Å². The van der Waals surface area contributed by atoms with Crippen LogP contribution in [0, 0.1) is 0 Å². The number of alkyl halides is 13. The number of aliphatic hydroxyl groups is 1. The Kier molecular flexibility index (Phi) is 10.4. The highest BCUT2D eigenvalue weighted by Gasteiger charge is 2.90. The first-order valence-corrected chi connectivity index (χ1v) is 11.7. The molecule has 0 aromatic heterocycles. The predicted octanol–water partition coefficient (Wildman–Crippen LogP) is 7.40. The summed E-state index contributed by atoms with van der Waals surface area (Å²) >= 11 is 0. The van der Waals surface area contributed by atoms with Gasteiger partial charge in [-0.1, -0.05) is 60.7 Å². The molecule has 2 aromatic carbocycles. The Morgan fingerprint density at radius 2 is 1.14 bits per heavy atom. The van der Waals surface area contributed by atoms with Crippen LogP contribution in [0.5, 0.6) is 0 Å². The van der Waals surface area contributed by atoms with Crippen molar-refractivity contribution in [2.45, 2.75) is 73.8 Å². The number of carbonyl (C=O) groups excluding carboxylic acids is 1. The van der Waals surface area contributed by atoms with Crippen LogP contribution in [0.4, 0.5) is 61.9 Å². The molecular weight excluding hydrogens is 609 g/mol. The largest absolute Gasteiger partial charge is 0.460 e. The standard InChI is InChI=1S/C25H22F13NO3/c26-20(27,21(28,29)22(30,31)23(32,33)24(34,35)25(36,37)38)12-11-18(40)17(13-15-7-3-1-4-8-15)39-19(41)42-14-16-9-5-2-6-10-16/h1-10,17-18,40H,11-14H2,(H,39,41)/t17-,18-/m0/s1. The number of hydrogen-bond donors (Lipinski definition) is 2. The first-order valence-electron chi connectivity index (χ1n) is 11.7. The Labute approximate surface area is 229 Å². The Morgan fingerprint density at radius 3 is 1.62 bits per heavy atom. The van der Waals surface area contributed by atoms with Gasteiger partial charge in [0, 0.05) is 6.42 Å². The smallest absolute Gasteiger partial charge is 0.445 e. The minimum Gasteiger partial charge on any atom is -0.445 e. The molecule has 0 heterocycles.